The Labute approximate surface area is 74.3 Å². The van der Waals surface area contributed by atoms with Crippen LogP contribution in [0.1, 0.15) is 20.8 Å². The number of nitrogens with zero attached hydrogens (tertiary/aromatic N) is 3. The van der Waals surface area contributed by atoms with Crippen molar-refractivity contribution in [1.82, 2.24) is 10.4 Å². The number of hydrogen-bond acceptors (Lipinski definition) is 4. The molecule has 0 spiro atoms. The van der Waals surface area contributed by atoms with Crippen LogP contribution >= 0.6 is 0 Å². The maximum Gasteiger partial charge on any atom is 0.0670 e. The van der Waals surface area contributed by atoms with E-state index in [4.69, 9.17) is 0 Å². The van der Waals surface area contributed by atoms with E-state index in [-0.39, 0.29) is 5.54 Å². The molecule has 0 aliphatic rings. The lowest BCUT2D eigenvalue weighted by atomic mass is 10.1. The summed E-state index contributed by atoms with van der Waals surface area (Å²) < 4.78 is 0. The van der Waals surface area contributed by atoms with Gasteiger partial charge >= 0.3 is 0 Å². The Bertz CT molecular complexity index is 164. The third-order valence-electron chi connectivity index (χ3n) is 0.839. The molecule has 0 amide bonds. The van der Waals surface area contributed by atoms with Gasteiger partial charge in [0.15, 0.2) is 0 Å². The van der Waals surface area contributed by atoms with Gasteiger partial charge in [-0.3, -0.25) is 0 Å². The third kappa shape index (κ3) is 8.94. The first-order valence-electron chi connectivity index (χ1n) is 3.92. The monoisotopic (exact) mass is 170 g/mol. The molecule has 4 nitrogen and oxygen atoms in total. The molecule has 0 fully saturated rings. The highest BCUT2D eigenvalue weighted by Gasteiger charge is 2.04. The molecule has 0 unspecified atom stereocenters. The summed E-state index contributed by atoms with van der Waals surface area (Å²) in [6.07, 6.45) is 3.27. The van der Waals surface area contributed by atoms with Crippen LogP contribution in [-0.2, 0) is 0 Å². The SMILES string of the molecule is CN(C)/N=C/C=N\NC(C)(C)C. The van der Waals surface area contributed by atoms with Crippen LogP contribution in [0.2, 0.25) is 0 Å². The molecule has 0 rings (SSSR count). The van der Waals surface area contributed by atoms with Gasteiger partial charge in [-0.2, -0.15) is 10.2 Å². The van der Waals surface area contributed by atoms with E-state index in [1.807, 2.05) is 34.9 Å². The largest absolute Gasteiger partial charge is 0.305 e. The van der Waals surface area contributed by atoms with Gasteiger partial charge < -0.3 is 10.4 Å². The summed E-state index contributed by atoms with van der Waals surface area (Å²) in [7, 11) is 3.73. The van der Waals surface area contributed by atoms with E-state index in [2.05, 4.69) is 15.6 Å². The summed E-state index contributed by atoms with van der Waals surface area (Å²) in [5, 5.41) is 9.64. The molecular weight excluding hydrogens is 152 g/mol. The highest BCUT2D eigenvalue weighted by molar-refractivity contribution is 6.15. The summed E-state index contributed by atoms with van der Waals surface area (Å²) >= 11 is 0. The maximum atomic E-state index is 3.96. The fraction of sp³-hybridized carbons (Fsp3) is 0.750. The summed E-state index contributed by atoms with van der Waals surface area (Å²) in [5.41, 5.74) is 2.97. The van der Waals surface area contributed by atoms with Crippen LogP contribution in [-0.4, -0.2) is 37.1 Å². The molecule has 0 aromatic carbocycles. The molecule has 0 bridgehead atoms. The Morgan fingerprint density at radius 2 is 1.75 bits per heavy atom. The lowest BCUT2D eigenvalue weighted by Crippen LogP contribution is -2.31. The normalized spacial score (nSPS) is 12.8. The fourth-order valence-electron chi connectivity index (χ4n) is 0.427. The van der Waals surface area contributed by atoms with Crippen molar-refractivity contribution in [1.29, 1.82) is 0 Å². The van der Waals surface area contributed by atoms with E-state index < -0.39 is 0 Å². The predicted molar refractivity (Wildman–Crippen MR) is 53.6 cm³/mol. The Balaban J connectivity index is 3.64. The van der Waals surface area contributed by atoms with E-state index in [0.717, 1.165) is 0 Å². The van der Waals surface area contributed by atoms with Crippen LogP contribution in [0.15, 0.2) is 10.2 Å². The first-order chi connectivity index (χ1) is 5.42. The van der Waals surface area contributed by atoms with E-state index in [0.29, 0.717) is 0 Å². The molecule has 0 aromatic rings. The van der Waals surface area contributed by atoms with Crippen LogP contribution in [0.5, 0.6) is 0 Å². The highest BCUT2D eigenvalue weighted by atomic mass is 15.4. The van der Waals surface area contributed by atoms with Gasteiger partial charge in [-0.1, -0.05) is 0 Å². The van der Waals surface area contributed by atoms with Crippen LogP contribution in [0, 0.1) is 0 Å². The zero-order valence-corrected chi connectivity index (χ0v) is 8.50. The molecule has 0 atom stereocenters. The number of nitrogens with one attached hydrogen (secondary N) is 1. The lowest BCUT2D eigenvalue weighted by molar-refractivity contribution is 0.439. The second kappa shape index (κ2) is 4.74. The molecule has 0 aliphatic carbocycles. The smallest absolute Gasteiger partial charge is 0.0670 e. The van der Waals surface area contributed by atoms with Gasteiger partial charge in [0.05, 0.1) is 12.4 Å². The highest BCUT2D eigenvalue weighted by Crippen LogP contribution is 1.96. The second-order valence-electron chi connectivity index (χ2n) is 3.75. The Hall–Kier alpha value is -1.06. The van der Waals surface area contributed by atoms with Crippen molar-refractivity contribution in [3.63, 3.8) is 0 Å². The summed E-state index contributed by atoms with van der Waals surface area (Å²) in [6, 6.07) is 0. The standard InChI is InChI=1S/C8H18N4/c1-8(2,3)11-9-6-7-10-12(4)5/h6-7,11H,1-5H3/b9-6-,10-7+. The molecule has 1 N–H and O–H groups in total. The van der Waals surface area contributed by atoms with E-state index in [1.54, 1.807) is 17.4 Å². The van der Waals surface area contributed by atoms with Gasteiger partial charge in [0, 0.05) is 19.6 Å². The van der Waals surface area contributed by atoms with Crippen molar-refractivity contribution < 1.29 is 0 Å². The van der Waals surface area contributed by atoms with Gasteiger partial charge in [0.1, 0.15) is 0 Å². The Kier molecular flexibility index (Phi) is 4.33. The van der Waals surface area contributed by atoms with Gasteiger partial charge in [0.25, 0.3) is 0 Å². The Morgan fingerprint density at radius 3 is 2.17 bits per heavy atom. The molecule has 0 heterocycles. The zero-order valence-electron chi connectivity index (χ0n) is 8.50. The summed E-state index contributed by atoms with van der Waals surface area (Å²) in [6.45, 7) is 6.15. The van der Waals surface area contributed by atoms with Crippen LogP contribution < -0.4 is 5.43 Å². The van der Waals surface area contributed by atoms with Gasteiger partial charge in [-0.05, 0) is 20.8 Å². The van der Waals surface area contributed by atoms with Crippen LogP contribution in [0.3, 0.4) is 0 Å². The minimum atomic E-state index is 0.0163. The van der Waals surface area contributed by atoms with Crippen molar-refractivity contribution in [3.05, 3.63) is 0 Å². The maximum absolute atomic E-state index is 3.96. The molecule has 12 heavy (non-hydrogen) atoms. The van der Waals surface area contributed by atoms with Crippen LogP contribution in [0.25, 0.3) is 0 Å². The summed E-state index contributed by atoms with van der Waals surface area (Å²) in [5.74, 6) is 0. The minimum Gasteiger partial charge on any atom is -0.305 e. The quantitative estimate of drug-likeness (QED) is 0.505. The first kappa shape index (κ1) is 10.9. The number of hydrazone groups is 2. The van der Waals surface area contributed by atoms with Crippen molar-refractivity contribution in [3.8, 4) is 0 Å². The number of rotatable bonds is 3. The molecular formula is C8H18N4. The van der Waals surface area contributed by atoms with Gasteiger partial charge in [-0.15, -0.1) is 0 Å². The van der Waals surface area contributed by atoms with E-state index >= 15 is 0 Å². The first-order valence-corrected chi connectivity index (χ1v) is 3.92. The summed E-state index contributed by atoms with van der Waals surface area (Å²) in [4.78, 5) is 0. The average molecular weight is 170 g/mol. The van der Waals surface area contributed by atoms with Crippen LogP contribution in [0.4, 0.5) is 0 Å². The molecule has 0 radical (unpaired) electrons. The van der Waals surface area contributed by atoms with Crippen molar-refractivity contribution in [2.24, 2.45) is 10.2 Å². The Morgan fingerprint density at radius 1 is 1.17 bits per heavy atom. The number of hydrogen-bond donors (Lipinski definition) is 1. The molecule has 0 aromatic heterocycles. The van der Waals surface area contributed by atoms with Crippen molar-refractivity contribution in [2.45, 2.75) is 26.3 Å². The topological polar surface area (TPSA) is 40.0 Å². The fourth-order valence-corrected chi connectivity index (χ4v) is 0.427. The predicted octanol–water partition coefficient (Wildman–Crippen LogP) is 0.908. The van der Waals surface area contributed by atoms with Gasteiger partial charge in [-0.25, -0.2) is 0 Å². The molecule has 4 heteroatoms. The molecule has 0 aliphatic heterocycles. The molecule has 70 valence electrons. The van der Waals surface area contributed by atoms with E-state index in [9.17, 15) is 0 Å². The van der Waals surface area contributed by atoms with Crippen molar-refractivity contribution >= 4 is 12.4 Å². The zero-order chi connectivity index (χ0) is 9.61. The second-order valence-corrected chi connectivity index (χ2v) is 3.75. The lowest BCUT2D eigenvalue weighted by Gasteiger charge is -2.16. The minimum absolute atomic E-state index is 0.0163. The third-order valence-corrected chi connectivity index (χ3v) is 0.839. The average Bonchev–Trinajstić information content (AvgIpc) is 1.83. The molecule has 0 saturated carbocycles. The van der Waals surface area contributed by atoms with Gasteiger partial charge in [0.2, 0.25) is 0 Å². The molecule has 0 saturated heterocycles. The van der Waals surface area contributed by atoms with E-state index in [1.165, 1.54) is 0 Å². The van der Waals surface area contributed by atoms with Crippen molar-refractivity contribution in [2.75, 3.05) is 14.1 Å².